The van der Waals surface area contributed by atoms with Gasteiger partial charge >= 0.3 is 0 Å². The topological polar surface area (TPSA) is 86.2 Å². The third-order valence-corrected chi connectivity index (χ3v) is 3.64. The summed E-state index contributed by atoms with van der Waals surface area (Å²) in [5.74, 6) is 0.179. The van der Waals surface area contributed by atoms with Crippen molar-refractivity contribution in [3.8, 4) is 11.1 Å². The lowest BCUT2D eigenvalue weighted by Gasteiger charge is -2.06. The number of hydrogen-bond acceptors (Lipinski definition) is 5. The molecule has 2 aromatic rings. The van der Waals surface area contributed by atoms with Crippen molar-refractivity contribution in [2.24, 2.45) is 0 Å². The maximum absolute atomic E-state index is 11.5. The summed E-state index contributed by atoms with van der Waals surface area (Å²) >= 11 is 0. The average molecular weight is 252 g/mol. The Morgan fingerprint density at radius 2 is 2.00 bits per heavy atom. The van der Waals surface area contributed by atoms with Gasteiger partial charge in [0.2, 0.25) is 5.88 Å². The van der Waals surface area contributed by atoms with Crippen molar-refractivity contribution in [1.29, 1.82) is 0 Å². The number of anilines is 1. The molecule has 0 saturated heterocycles. The van der Waals surface area contributed by atoms with Gasteiger partial charge in [0.25, 0.3) is 0 Å². The fraction of sp³-hybridized carbons (Fsp3) is 0.182. The quantitative estimate of drug-likeness (QED) is 0.878. The molecule has 0 atom stereocenters. The average Bonchev–Trinajstić information content (AvgIpc) is 2.63. The molecule has 90 valence electrons. The van der Waals surface area contributed by atoms with Crippen LogP contribution in [0, 0.1) is 6.92 Å². The Kier molecular flexibility index (Phi) is 2.66. The number of nitrogen functional groups attached to an aromatic ring is 1. The summed E-state index contributed by atoms with van der Waals surface area (Å²) in [4.78, 5) is 0.249. The van der Waals surface area contributed by atoms with Crippen LogP contribution in [-0.2, 0) is 9.84 Å². The third kappa shape index (κ3) is 2.16. The number of aromatic nitrogens is 1. The van der Waals surface area contributed by atoms with Crippen molar-refractivity contribution in [1.82, 2.24) is 5.16 Å². The Morgan fingerprint density at radius 3 is 2.53 bits per heavy atom. The smallest absolute Gasteiger partial charge is 0.229 e. The second-order valence-electron chi connectivity index (χ2n) is 3.85. The Balaban J connectivity index is 2.67. The van der Waals surface area contributed by atoms with Crippen LogP contribution in [0.4, 0.5) is 5.88 Å². The highest BCUT2D eigenvalue weighted by atomic mass is 32.2. The van der Waals surface area contributed by atoms with Gasteiger partial charge < -0.3 is 10.3 Å². The van der Waals surface area contributed by atoms with Gasteiger partial charge in [0.15, 0.2) is 9.84 Å². The van der Waals surface area contributed by atoms with E-state index in [0.29, 0.717) is 11.1 Å². The lowest BCUT2D eigenvalue weighted by molar-refractivity contribution is 0.436. The van der Waals surface area contributed by atoms with E-state index in [4.69, 9.17) is 10.3 Å². The molecule has 17 heavy (non-hydrogen) atoms. The summed E-state index contributed by atoms with van der Waals surface area (Å²) in [6.45, 7) is 1.87. The van der Waals surface area contributed by atoms with E-state index in [2.05, 4.69) is 5.16 Å². The van der Waals surface area contributed by atoms with Gasteiger partial charge in [-0.15, -0.1) is 0 Å². The van der Waals surface area contributed by atoms with Crippen LogP contribution >= 0.6 is 0 Å². The fourth-order valence-electron chi connectivity index (χ4n) is 1.57. The first kappa shape index (κ1) is 11.7. The second-order valence-corrected chi connectivity index (χ2v) is 5.87. The molecule has 0 aliphatic carbocycles. The SMILES string of the molecule is Cc1ccc(S(C)(=O)=O)cc1-c1cnoc1N. The summed E-state index contributed by atoms with van der Waals surface area (Å²) in [7, 11) is -3.24. The first-order chi connectivity index (χ1) is 7.89. The molecule has 1 aromatic carbocycles. The summed E-state index contributed by atoms with van der Waals surface area (Å²) in [6.07, 6.45) is 2.64. The van der Waals surface area contributed by atoms with Crippen molar-refractivity contribution >= 4 is 15.7 Å². The number of aryl methyl sites for hydroxylation is 1. The van der Waals surface area contributed by atoms with Crippen molar-refractivity contribution in [2.45, 2.75) is 11.8 Å². The number of nitrogens with zero attached hydrogens (tertiary/aromatic N) is 1. The Morgan fingerprint density at radius 1 is 1.29 bits per heavy atom. The first-order valence-corrected chi connectivity index (χ1v) is 6.80. The molecular weight excluding hydrogens is 240 g/mol. The summed E-state index contributed by atoms with van der Waals surface area (Å²) in [5, 5.41) is 3.58. The molecule has 0 amide bonds. The molecule has 6 heteroatoms. The zero-order valence-electron chi connectivity index (χ0n) is 9.47. The van der Waals surface area contributed by atoms with Crippen molar-refractivity contribution in [3.05, 3.63) is 30.0 Å². The van der Waals surface area contributed by atoms with Gasteiger partial charge in [-0.3, -0.25) is 0 Å². The van der Waals surface area contributed by atoms with Crippen LogP contribution in [0.15, 0.2) is 33.8 Å². The van der Waals surface area contributed by atoms with Crippen LogP contribution in [-0.4, -0.2) is 19.8 Å². The molecule has 5 nitrogen and oxygen atoms in total. The highest BCUT2D eigenvalue weighted by molar-refractivity contribution is 7.90. The lowest BCUT2D eigenvalue weighted by atomic mass is 10.0. The zero-order chi connectivity index (χ0) is 12.6. The summed E-state index contributed by atoms with van der Waals surface area (Å²) in [6, 6.07) is 4.88. The molecule has 0 saturated carbocycles. The monoisotopic (exact) mass is 252 g/mol. The number of rotatable bonds is 2. The molecule has 1 aromatic heterocycles. The minimum absolute atomic E-state index is 0.179. The summed E-state index contributed by atoms with van der Waals surface area (Å²) in [5.41, 5.74) is 7.85. The van der Waals surface area contributed by atoms with Crippen molar-refractivity contribution < 1.29 is 12.9 Å². The first-order valence-electron chi connectivity index (χ1n) is 4.91. The normalized spacial score (nSPS) is 11.6. The van der Waals surface area contributed by atoms with Crippen molar-refractivity contribution in [2.75, 3.05) is 12.0 Å². The van der Waals surface area contributed by atoms with E-state index in [0.717, 1.165) is 5.56 Å². The molecular formula is C11H12N2O3S. The van der Waals surface area contributed by atoms with E-state index in [9.17, 15) is 8.42 Å². The van der Waals surface area contributed by atoms with Crippen LogP contribution in [0.5, 0.6) is 0 Å². The number of hydrogen-bond donors (Lipinski definition) is 1. The molecule has 2 rings (SSSR count). The van der Waals surface area contributed by atoms with Gasteiger partial charge in [-0.05, 0) is 30.2 Å². The maximum Gasteiger partial charge on any atom is 0.229 e. The molecule has 0 spiro atoms. The van der Waals surface area contributed by atoms with E-state index in [-0.39, 0.29) is 10.8 Å². The Labute approximate surface area is 99.1 Å². The minimum Gasteiger partial charge on any atom is -0.367 e. The number of benzene rings is 1. The van der Waals surface area contributed by atoms with Gasteiger partial charge in [-0.25, -0.2) is 8.42 Å². The van der Waals surface area contributed by atoms with Gasteiger partial charge in [0, 0.05) is 6.26 Å². The van der Waals surface area contributed by atoms with Crippen molar-refractivity contribution in [3.63, 3.8) is 0 Å². The lowest BCUT2D eigenvalue weighted by Crippen LogP contribution is -1.98. The van der Waals surface area contributed by atoms with Crippen LogP contribution in [0.1, 0.15) is 5.56 Å². The van der Waals surface area contributed by atoms with Gasteiger partial charge in [-0.2, -0.15) is 0 Å². The molecule has 0 radical (unpaired) electrons. The summed E-state index contributed by atoms with van der Waals surface area (Å²) < 4.78 is 27.7. The number of nitrogens with two attached hydrogens (primary N) is 1. The predicted molar refractivity (Wildman–Crippen MR) is 64.2 cm³/mol. The zero-order valence-corrected chi connectivity index (χ0v) is 10.3. The molecule has 0 aliphatic heterocycles. The predicted octanol–water partition coefficient (Wildman–Crippen LogP) is 1.64. The van der Waals surface area contributed by atoms with E-state index in [1.807, 2.05) is 6.92 Å². The van der Waals surface area contributed by atoms with Crippen LogP contribution in [0.25, 0.3) is 11.1 Å². The Bertz CT molecular complexity index is 659. The molecule has 0 bridgehead atoms. The van der Waals surface area contributed by atoms with Crippen LogP contribution in [0.3, 0.4) is 0 Å². The minimum atomic E-state index is -3.24. The number of sulfone groups is 1. The highest BCUT2D eigenvalue weighted by Crippen LogP contribution is 2.30. The molecule has 0 aliphatic rings. The van der Waals surface area contributed by atoms with Gasteiger partial charge in [0.1, 0.15) is 0 Å². The highest BCUT2D eigenvalue weighted by Gasteiger charge is 2.14. The fourth-order valence-corrected chi connectivity index (χ4v) is 2.22. The van der Waals surface area contributed by atoms with Gasteiger partial charge in [-0.1, -0.05) is 11.2 Å². The molecule has 2 N–H and O–H groups in total. The van der Waals surface area contributed by atoms with E-state index in [1.165, 1.54) is 12.5 Å². The molecule has 0 fully saturated rings. The van der Waals surface area contributed by atoms with E-state index >= 15 is 0 Å². The van der Waals surface area contributed by atoms with E-state index < -0.39 is 9.84 Å². The standard InChI is InChI=1S/C11H12N2O3S/c1-7-3-4-8(17(2,14)15)5-9(7)10-6-13-16-11(10)12/h3-6H,12H2,1-2H3. The van der Waals surface area contributed by atoms with Crippen LogP contribution in [0.2, 0.25) is 0 Å². The second kappa shape index (κ2) is 3.89. The molecule has 0 unspecified atom stereocenters. The maximum atomic E-state index is 11.5. The van der Waals surface area contributed by atoms with Crippen LogP contribution < -0.4 is 5.73 Å². The Hall–Kier alpha value is -1.82. The largest absolute Gasteiger partial charge is 0.367 e. The molecule has 1 heterocycles. The van der Waals surface area contributed by atoms with E-state index in [1.54, 1.807) is 18.2 Å². The van der Waals surface area contributed by atoms with Gasteiger partial charge in [0.05, 0.1) is 16.7 Å². The third-order valence-electron chi connectivity index (χ3n) is 2.53.